The Balaban J connectivity index is 1.69. The number of nitrogens with zero attached hydrogens (tertiary/aromatic N) is 2. The van der Waals surface area contributed by atoms with Gasteiger partial charge in [-0.25, -0.2) is 4.79 Å². The maximum Gasteiger partial charge on any atom is 0.319 e. The first-order valence-corrected chi connectivity index (χ1v) is 7.53. The predicted octanol–water partition coefficient (Wildman–Crippen LogP) is 2.67. The number of fused-ring (bicyclic) bond motifs is 1. The Morgan fingerprint density at radius 2 is 2.17 bits per heavy atom. The molecule has 23 heavy (non-hydrogen) atoms. The Labute approximate surface area is 134 Å². The number of rotatable bonds is 3. The Bertz CT molecular complexity index is 738. The van der Waals surface area contributed by atoms with Crippen molar-refractivity contribution in [3.63, 3.8) is 0 Å². The van der Waals surface area contributed by atoms with Gasteiger partial charge < -0.3 is 16.0 Å². The lowest BCUT2D eigenvalue weighted by molar-refractivity contribution is -0.116. The molecule has 0 fully saturated rings. The zero-order valence-corrected chi connectivity index (χ0v) is 13.0. The molecule has 120 valence electrons. The molecule has 1 aromatic carbocycles. The molecule has 0 radical (unpaired) electrons. The van der Waals surface area contributed by atoms with Crippen molar-refractivity contribution >= 4 is 23.3 Å². The summed E-state index contributed by atoms with van der Waals surface area (Å²) in [5.41, 5.74) is 2.26. The Hall–Kier alpha value is -2.83. The van der Waals surface area contributed by atoms with Gasteiger partial charge in [-0.05, 0) is 25.5 Å². The summed E-state index contributed by atoms with van der Waals surface area (Å²) in [6, 6.07) is 6.98. The molecule has 0 bridgehead atoms. The average Bonchev–Trinajstić information content (AvgIpc) is 2.95. The lowest BCUT2D eigenvalue weighted by Crippen LogP contribution is -2.37. The molecule has 7 heteroatoms. The quantitative estimate of drug-likeness (QED) is 0.814. The van der Waals surface area contributed by atoms with E-state index in [0.29, 0.717) is 5.69 Å². The summed E-state index contributed by atoms with van der Waals surface area (Å²) in [7, 11) is 0. The predicted molar refractivity (Wildman–Crippen MR) is 87.2 cm³/mol. The summed E-state index contributed by atoms with van der Waals surface area (Å²) in [5, 5.41) is 12.6. The Morgan fingerprint density at radius 3 is 2.91 bits per heavy atom. The Morgan fingerprint density at radius 1 is 1.39 bits per heavy atom. The summed E-state index contributed by atoms with van der Waals surface area (Å²) in [6.45, 7) is 4.02. The van der Waals surface area contributed by atoms with Gasteiger partial charge in [0, 0.05) is 17.9 Å². The van der Waals surface area contributed by atoms with Crippen molar-refractivity contribution in [2.24, 2.45) is 0 Å². The number of hydrogen-bond donors (Lipinski definition) is 3. The van der Waals surface area contributed by atoms with Gasteiger partial charge in [0.15, 0.2) is 0 Å². The van der Waals surface area contributed by atoms with Gasteiger partial charge in [0.1, 0.15) is 0 Å². The monoisotopic (exact) mass is 313 g/mol. The van der Waals surface area contributed by atoms with Crippen molar-refractivity contribution in [1.29, 1.82) is 0 Å². The number of para-hydroxylation sites is 1. The number of benzene rings is 1. The number of amides is 3. The fourth-order valence-electron chi connectivity index (χ4n) is 2.55. The molecule has 1 aromatic heterocycles. The van der Waals surface area contributed by atoms with Gasteiger partial charge in [-0.3, -0.25) is 9.48 Å². The smallest absolute Gasteiger partial charge is 0.319 e. The highest BCUT2D eigenvalue weighted by Gasteiger charge is 2.26. The van der Waals surface area contributed by atoms with E-state index in [-0.39, 0.29) is 30.4 Å². The highest BCUT2D eigenvalue weighted by atomic mass is 16.2. The van der Waals surface area contributed by atoms with E-state index >= 15 is 0 Å². The number of carbonyl (C=O) groups excluding carboxylic acids is 2. The van der Waals surface area contributed by atoms with Crippen LogP contribution in [0.4, 0.5) is 16.2 Å². The summed E-state index contributed by atoms with van der Waals surface area (Å²) in [6.07, 6.45) is 3.59. The zero-order chi connectivity index (χ0) is 16.4. The minimum atomic E-state index is -0.359. The molecule has 3 N–H and O–H groups in total. The van der Waals surface area contributed by atoms with Crippen molar-refractivity contribution in [1.82, 2.24) is 15.1 Å². The molecule has 1 atom stereocenters. The highest BCUT2D eigenvalue weighted by molar-refractivity contribution is 5.96. The number of nitrogens with one attached hydrogen (secondary N) is 3. The molecule has 1 aliphatic heterocycles. The van der Waals surface area contributed by atoms with Gasteiger partial charge in [0.05, 0.1) is 24.3 Å². The SMILES string of the molecule is CC(C)n1cc(NC(=O)N[C@H]2CC(=O)Nc3ccccc32)cn1. The minimum absolute atomic E-state index is 0.110. The lowest BCUT2D eigenvalue weighted by atomic mass is 9.97. The minimum Gasteiger partial charge on any atom is -0.330 e. The highest BCUT2D eigenvalue weighted by Crippen LogP contribution is 2.29. The van der Waals surface area contributed by atoms with Gasteiger partial charge in [-0.2, -0.15) is 5.10 Å². The maximum absolute atomic E-state index is 12.2. The average molecular weight is 313 g/mol. The normalized spacial score (nSPS) is 16.7. The number of urea groups is 1. The van der Waals surface area contributed by atoms with Gasteiger partial charge in [-0.1, -0.05) is 18.2 Å². The van der Waals surface area contributed by atoms with Crippen molar-refractivity contribution in [2.75, 3.05) is 10.6 Å². The van der Waals surface area contributed by atoms with E-state index in [9.17, 15) is 9.59 Å². The van der Waals surface area contributed by atoms with Crippen molar-refractivity contribution < 1.29 is 9.59 Å². The van der Waals surface area contributed by atoms with Crippen LogP contribution in [0.1, 0.15) is 37.9 Å². The molecule has 2 aromatic rings. The second-order valence-corrected chi connectivity index (χ2v) is 5.79. The summed E-state index contributed by atoms with van der Waals surface area (Å²) >= 11 is 0. The molecule has 0 spiro atoms. The van der Waals surface area contributed by atoms with Crippen molar-refractivity contribution in [2.45, 2.75) is 32.4 Å². The van der Waals surface area contributed by atoms with Crippen LogP contribution in [-0.4, -0.2) is 21.7 Å². The molecule has 3 rings (SSSR count). The first-order chi connectivity index (χ1) is 11.0. The van der Waals surface area contributed by atoms with Crippen LogP contribution in [0.5, 0.6) is 0 Å². The number of aromatic nitrogens is 2. The fourth-order valence-corrected chi connectivity index (χ4v) is 2.55. The number of hydrogen-bond acceptors (Lipinski definition) is 3. The zero-order valence-electron chi connectivity index (χ0n) is 13.0. The summed E-state index contributed by atoms with van der Waals surface area (Å²) in [4.78, 5) is 23.9. The third-order valence-electron chi connectivity index (χ3n) is 3.69. The second kappa shape index (κ2) is 6.12. The van der Waals surface area contributed by atoms with Gasteiger partial charge >= 0.3 is 6.03 Å². The van der Waals surface area contributed by atoms with Gasteiger partial charge in [-0.15, -0.1) is 0 Å². The first-order valence-electron chi connectivity index (χ1n) is 7.53. The number of anilines is 2. The van der Waals surface area contributed by atoms with E-state index in [1.165, 1.54) is 0 Å². The molecule has 7 nitrogen and oxygen atoms in total. The maximum atomic E-state index is 12.2. The standard InChI is InChI=1S/C16H19N5O2/c1-10(2)21-9-11(8-17-21)18-16(23)20-14-7-15(22)19-13-6-4-3-5-12(13)14/h3-6,8-10,14H,7H2,1-2H3,(H,19,22)(H2,18,20,23)/t14-/m0/s1. The first kappa shape index (κ1) is 15.1. The van der Waals surface area contributed by atoms with Crippen LogP contribution in [0.25, 0.3) is 0 Å². The van der Waals surface area contributed by atoms with E-state index in [2.05, 4.69) is 21.0 Å². The molecular weight excluding hydrogens is 294 g/mol. The van der Waals surface area contributed by atoms with E-state index < -0.39 is 0 Å². The molecule has 1 aliphatic rings. The molecule has 0 saturated heterocycles. The molecule has 3 amide bonds. The molecule has 0 unspecified atom stereocenters. The van der Waals surface area contributed by atoms with E-state index in [1.807, 2.05) is 38.1 Å². The molecular formula is C16H19N5O2. The fraction of sp³-hybridized carbons (Fsp3) is 0.312. The van der Waals surface area contributed by atoms with Gasteiger partial charge in [0.25, 0.3) is 0 Å². The molecule has 0 saturated carbocycles. The largest absolute Gasteiger partial charge is 0.330 e. The topological polar surface area (TPSA) is 88.0 Å². The van der Waals surface area contributed by atoms with Crippen molar-refractivity contribution in [3.05, 3.63) is 42.2 Å². The van der Waals surface area contributed by atoms with Gasteiger partial charge in [0.2, 0.25) is 5.91 Å². The van der Waals surface area contributed by atoms with Crippen LogP contribution in [0.3, 0.4) is 0 Å². The van der Waals surface area contributed by atoms with Crippen LogP contribution in [0, 0.1) is 0 Å². The second-order valence-electron chi connectivity index (χ2n) is 5.79. The Kier molecular flexibility index (Phi) is 4.01. The molecule has 0 aliphatic carbocycles. The summed E-state index contributed by atoms with van der Waals surface area (Å²) < 4.78 is 1.76. The summed E-state index contributed by atoms with van der Waals surface area (Å²) in [5.74, 6) is -0.110. The lowest BCUT2D eigenvalue weighted by Gasteiger charge is -2.26. The third-order valence-corrected chi connectivity index (χ3v) is 3.69. The van der Waals surface area contributed by atoms with Crippen LogP contribution in [-0.2, 0) is 4.79 Å². The number of carbonyl (C=O) groups is 2. The third kappa shape index (κ3) is 3.33. The van der Waals surface area contributed by atoms with Crippen LogP contribution < -0.4 is 16.0 Å². The van der Waals surface area contributed by atoms with E-state index in [0.717, 1.165) is 11.3 Å². The molecule has 2 heterocycles. The van der Waals surface area contributed by atoms with E-state index in [4.69, 9.17) is 0 Å². The van der Waals surface area contributed by atoms with E-state index in [1.54, 1.807) is 17.1 Å². The van der Waals surface area contributed by atoms with Crippen LogP contribution >= 0.6 is 0 Å². The van der Waals surface area contributed by atoms with Crippen LogP contribution in [0.15, 0.2) is 36.7 Å². The van der Waals surface area contributed by atoms with Crippen molar-refractivity contribution in [3.8, 4) is 0 Å². The van der Waals surface area contributed by atoms with Crippen LogP contribution in [0.2, 0.25) is 0 Å².